The number of nitrogens with two attached hydrogens (primary N) is 2. The fourth-order valence-electron chi connectivity index (χ4n) is 11.6. The summed E-state index contributed by atoms with van der Waals surface area (Å²) in [7, 11) is 4.94. The molecule has 0 spiro atoms. The van der Waals surface area contributed by atoms with Gasteiger partial charge < -0.3 is 68.8 Å². The monoisotopic (exact) mass is 1190 g/mol. The van der Waals surface area contributed by atoms with Crippen LogP contribution in [-0.4, -0.2) is 207 Å². The Morgan fingerprint density at radius 1 is 0.756 bits per heavy atom. The number of ether oxygens (including phenoxy) is 5. The second-order valence-electron chi connectivity index (χ2n) is 22.3. The average molecular weight is 1190 g/mol. The molecule has 0 saturated carbocycles. The van der Waals surface area contributed by atoms with Crippen LogP contribution in [0.2, 0.25) is 0 Å². The van der Waals surface area contributed by atoms with Crippen molar-refractivity contribution in [3.8, 4) is 16.9 Å². The van der Waals surface area contributed by atoms with Crippen LogP contribution in [0.3, 0.4) is 0 Å². The number of pyridine rings is 1. The van der Waals surface area contributed by atoms with Gasteiger partial charge in [0, 0.05) is 182 Å². The van der Waals surface area contributed by atoms with Crippen molar-refractivity contribution in [2.24, 2.45) is 11.6 Å². The van der Waals surface area contributed by atoms with E-state index in [1.807, 2.05) is 36.5 Å². The minimum absolute atomic E-state index is 0.0980. The van der Waals surface area contributed by atoms with Gasteiger partial charge >= 0.3 is 0 Å². The number of hydrazine groups is 1. The van der Waals surface area contributed by atoms with E-state index in [2.05, 4.69) is 55.5 Å². The number of nitrogens with one attached hydrogen (secondary N) is 1. The van der Waals surface area contributed by atoms with Crippen molar-refractivity contribution in [3.63, 3.8) is 0 Å². The number of amides is 2. The Balaban J connectivity index is 0.751. The molecule has 0 bridgehead atoms. The van der Waals surface area contributed by atoms with Crippen LogP contribution in [-0.2, 0) is 30.2 Å². The number of benzene rings is 3. The number of hydrogen-bond acceptors (Lipinski definition) is 16. The van der Waals surface area contributed by atoms with Crippen LogP contribution in [0.4, 0.5) is 31.7 Å². The Bertz CT molecular complexity index is 3020. The summed E-state index contributed by atoms with van der Waals surface area (Å²) >= 11 is 0. The van der Waals surface area contributed by atoms with Gasteiger partial charge in [0.25, 0.3) is 5.91 Å². The highest BCUT2D eigenvalue weighted by molar-refractivity contribution is 6.05. The normalized spacial score (nSPS) is 15.0. The zero-order valence-corrected chi connectivity index (χ0v) is 51.4. The summed E-state index contributed by atoms with van der Waals surface area (Å²) in [5, 5.41) is 1.91. The summed E-state index contributed by atoms with van der Waals surface area (Å²) in [5.41, 5.74) is 12.8. The largest absolute Gasteiger partial charge is 0.496 e. The molecule has 2 fully saturated rings. The smallest absolute Gasteiger partial charge is 0.269 e. The van der Waals surface area contributed by atoms with Crippen LogP contribution < -0.4 is 35.9 Å². The molecule has 2 aromatic heterocycles. The molecule has 3 aromatic carbocycles. The van der Waals surface area contributed by atoms with Gasteiger partial charge in [0.15, 0.2) is 5.82 Å². The van der Waals surface area contributed by atoms with Crippen molar-refractivity contribution >= 4 is 51.2 Å². The van der Waals surface area contributed by atoms with Gasteiger partial charge in [-0.25, -0.2) is 19.6 Å². The lowest BCUT2D eigenvalue weighted by Gasteiger charge is -2.36. The maximum absolute atomic E-state index is 16.8. The van der Waals surface area contributed by atoms with E-state index in [0.29, 0.717) is 93.7 Å². The van der Waals surface area contributed by atoms with Crippen molar-refractivity contribution in [2.75, 3.05) is 185 Å². The Labute approximate surface area is 507 Å². The van der Waals surface area contributed by atoms with Gasteiger partial charge in [-0.3, -0.25) is 14.5 Å². The average Bonchev–Trinajstić information content (AvgIpc) is 1.78. The number of nitrogens with zero attached hydrogens (tertiary/aromatic N) is 9. The van der Waals surface area contributed by atoms with Crippen LogP contribution in [0.15, 0.2) is 85.3 Å². The van der Waals surface area contributed by atoms with Gasteiger partial charge in [-0.2, -0.15) is 0 Å². The maximum Gasteiger partial charge on any atom is 0.269 e. The molecule has 21 heteroatoms. The van der Waals surface area contributed by atoms with Gasteiger partial charge in [-0.15, -0.1) is 0 Å². The lowest BCUT2D eigenvalue weighted by atomic mass is 9.92. The number of fused-ring (bicyclic) bond motifs is 1. The molecular formula is C65H92F2N12O7. The first-order chi connectivity index (χ1) is 41.9. The van der Waals surface area contributed by atoms with E-state index in [4.69, 9.17) is 40.2 Å². The maximum atomic E-state index is 16.8. The molecular weight excluding hydrogens is 1100 g/mol. The van der Waals surface area contributed by atoms with Crippen molar-refractivity contribution in [1.29, 1.82) is 0 Å². The molecule has 3 aliphatic heterocycles. The van der Waals surface area contributed by atoms with E-state index in [9.17, 15) is 14.0 Å². The summed E-state index contributed by atoms with van der Waals surface area (Å²) in [5.74, 6) is 6.43. The fourth-order valence-corrected chi connectivity index (χ4v) is 11.6. The van der Waals surface area contributed by atoms with Gasteiger partial charge in [-0.05, 0) is 98.7 Å². The molecule has 5 heterocycles. The number of piperidine rings is 1. The number of anilines is 4. The zero-order valence-electron chi connectivity index (χ0n) is 51.4. The van der Waals surface area contributed by atoms with Crippen LogP contribution in [0.5, 0.6) is 5.75 Å². The van der Waals surface area contributed by atoms with Crippen molar-refractivity contribution < 1.29 is 42.1 Å². The Morgan fingerprint density at radius 2 is 1.48 bits per heavy atom. The number of likely N-dealkylation sites (N-methyl/N-ethyl adjacent to an activating group) is 1. The van der Waals surface area contributed by atoms with Crippen LogP contribution in [0, 0.1) is 11.6 Å². The lowest BCUT2D eigenvalue weighted by molar-refractivity contribution is -0.130. The summed E-state index contributed by atoms with van der Waals surface area (Å²) in [6, 6.07) is 18.7. The molecule has 0 aliphatic carbocycles. The highest BCUT2D eigenvalue weighted by atomic mass is 19.1. The molecule has 3 aliphatic rings. The van der Waals surface area contributed by atoms with E-state index in [1.54, 1.807) is 44.3 Å². The first kappa shape index (κ1) is 65.0. The number of H-pyrrole nitrogens is 1. The molecule has 0 atom stereocenters. The van der Waals surface area contributed by atoms with Crippen LogP contribution >= 0.6 is 0 Å². The number of methoxy groups -OCH3 is 1. The third kappa shape index (κ3) is 17.6. The molecule has 0 unspecified atom stereocenters. The SMILES string of the molecule is CCCN(CCN(CC)c1nccc(N2CCCCC2)c1CCOCCOCCOCCOCCN1CCN(c2ccc(-c3cc(C4=CCCN(C(=O)CCN(N)/C=C\N)C4)c(F)c4[nH]c(C(=O)N(C)C)cc34)c(OC)c2)CC1)c1cccc(F)c1. The summed E-state index contributed by atoms with van der Waals surface area (Å²) in [4.78, 5) is 49.6. The molecule has 19 nitrogen and oxygen atoms in total. The predicted octanol–water partition coefficient (Wildman–Crippen LogP) is 7.99. The number of aromatic nitrogens is 2. The highest BCUT2D eigenvalue weighted by Gasteiger charge is 2.28. The predicted molar refractivity (Wildman–Crippen MR) is 339 cm³/mol. The third-order valence-corrected chi connectivity index (χ3v) is 16.3. The first-order valence-electron chi connectivity index (χ1n) is 30.8. The van der Waals surface area contributed by atoms with Gasteiger partial charge in [0.2, 0.25) is 5.91 Å². The molecule has 86 heavy (non-hydrogen) atoms. The summed E-state index contributed by atoms with van der Waals surface area (Å²) in [6.07, 6.45) is 12.8. The Morgan fingerprint density at radius 3 is 2.16 bits per heavy atom. The topological polar surface area (TPSA) is 187 Å². The van der Waals surface area contributed by atoms with E-state index < -0.39 is 5.82 Å². The summed E-state index contributed by atoms with van der Waals surface area (Å²) in [6.45, 7) is 18.8. The Hall–Kier alpha value is -7.01. The minimum Gasteiger partial charge on any atom is -0.496 e. The van der Waals surface area contributed by atoms with Crippen molar-refractivity contribution in [3.05, 3.63) is 114 Å². The van der Waals surface area contributed by atoms with E-state index >= 15 is 4.39 Å². The molecule has 0 radical (unpaired) electrons. The Kier molecular flexibility index (Phi) is 25.1. The quantitative estimate of drug-likeness (QED) is 0.0208. The molecule has 5 aromatic rings. The van der Waals surface area contributed by atoms with Gasteiger partial charge in [0.05, 0.1) is 65.5 Å². The third-order valence-electron chi connectivity index (χ3n) is 16.3. The van der Waals surface area contributed by atoms with Crippen LogP contribution in [0.25, 0.3) is 27.6 Å². The summed E-state index contributed by atoms with van der Waals surface area (Å²) < 4.78 is 60.9. The van der Waals surface area contributed by atoms with Crippen molar-refractivity contribution in [1.82, 2.24) is 29.7 Å². The van der Waals surface area contributed by atoms with E-state index in [1.165, 1.54) is 58.9 Å². The number of piperazine rings is 1. The van der Waals surface area contributed by atoms with Crippen molar-refractivity contribution in [2.45, 2.75) is 58.8 Å². The molecule has 2 amide bonds. The fraction of sp³-hybridized carbons (Fsp3) is 0.523. The number of rotatable bonds is 33. The minimum atomic E-state index is -0.493. The molecule has 2 saturated heterocycles. The van der Waals surface area contributed by atoms with Gasteiger partial charge in [-0.1, -0.05) is 19.1 Å². The molecule has 5 N–H and O–H groups in total. The highest BCUT2D eigenvalue weighted by Crippen LogP contribution is 2.42. The number of carbonyl (C=O) groups excluding carboxylic acids is 2. The number of carbonyl (C=O) groups is 2. The standard InChI is InChI=1S/C65H92F2N12O7/c1-6-23-75(51-15-11-14-50(66)44-51)34-33-74(7-2)64-54(59(18-22-70-64)77-24-9-8-10-25-77)20-36-83-38-40-85-42-43-86-41-39-84-37-35-73-29-31-76(32-30-73)52-16-17-53(60(45-52)82-5)56-46-55(62(67)63-57(56)47-58(71-63)65(81)72(3)4)49-13-12-26-78(48-49)61(80)19-27-79(69)28-21-68/h11,13-18,21-22,28,44-47,71H,6-10,12,19-20,23-27,29-43,48,68-69H2,1-5H3/b28-21-. The number of hydrogen-bond donors (Lipinski definition) is 3. The lowest BCUT2D eigenvalue weighted by Crippen LogP contribution is -2.47. The number of halogens is 2. The second kappa shape index (κ2) is 33.2. The van der Waals surface area contributed by atoms with Crippen LogP contribution in [0.1, 0.15) is 74.0 Å². The second-order valence-corrected chi connectivity index (χ2v) is 22.3. The molecule has 8 rings (SSSR count). The molecule has 468 valence electrons. The van der Waals surface area contributed by atoms with Gasteiger partial charge in [0.1, 0.15) is 23.1 Å². The number of aromatic amines is 1. The zero-order chi connectivity index (χ0) is 60.8. The van der Waals surface area contributed by atoms with E-state index in [-0.39, 0.29) is 48.4 Å². The first-order valence-corrected chi connectivity index (χ1v) is 30.8. The van der Waals surface area contributed by atoms with E-state index in [0.717, 1.165) is 108 Å².